The average molecular weight is 485 g/mol. The third-order valence-electron chi connectivity index (χ3n) is 4.72. The number of fused-ring (bicyclic) bond motifs is 1. The molecule has 0 aliphatic carbocycles. The van der Waals surface area contributed by atoms with Gasteiger partial charge in [-0.15, -0.1) is 0 Å². The SMILES string of the molecule is Fc1cc(Br)ccc1-c1cc(Cn2ccc3nc(-c4cccc(F)c4F)nc-3c2)on1. The van der Waals surface area contributed by atoms with Gasteiger partial charge in [-0.25, -0.2) is 23.1 Å². The summed E-state index contributed by atoms with van der Waals surface area (Å²) in [6, 6.07) is 12.0. The molecule has 154 valence electrons. The summed E-state index contributed by atoms with van der Waals surface area (Å²) in [7, 11) is 0. The molecule has 0 bridgehead atoms. The van der Waals surface area contributed by atoms with E-state index < -0.39 is 17.5 Å². The number of aromatic nitrogens is 4. The number of hydrogen-bond donors (Lipinski definition) is 0. The second kappa shape index (κ2) is 7.66. The molecule has 2 aromatic carbocycles. The van der Waals surface area contributed by atoms with Crippen LogP contribution in [0.2, 0.25) is 0 Å². The van der Waals surface area contributed by atoms with Crippen LogP contribution in [0.4, 0.5) is 13.2 Å². The predicted molar refractivity (Wildman–Crippen MR) is 111 cm³/mol. The lowest BCUT2D eigenvalue weighted by molar-refractivity contribution is 0.378. The van der Waals surface area contributed by atoms with Gasteiger partial charge in [0, 0.05) is 28.5 Å². The summed E-state index contributed by atoms with van der Waals surface area (Å²) in [6.45, 7) is 0.317. The zero-order chi connectivity index (χ0) is 21.5. The Balaban J connectivity index is 1.42. The van der Waals surface area contributed by atoms with Crippen molar-refractivity contribution in [1.29, 1.82) is 0 Å². The Morgan fingerprint density at radius 1 is 0.871 bits per heavy atom. The minimum Gasteiger partial charge on any atom is -0.359 e. The lowest BCUT2D eigenvalue weighted by Crippen LogP contribution is -1.99. The summed E-state index contributed by atoms with van der Waals surface area (Å²) >= 11 is 3.22. The molecule has 0 amide bonds. The Hall–Kier alpha value is -3.46. The van der Waals surface area contributed by atoms with Gasteiger partial charge in [0.25, 0.3) is 0 Å². The van der Waals surface area contributed by atoms with Gasteiger partial charge in [-0.05, 0) is 36.4 Å². The maximum atomic E-state index is 14.2. The van der Waals surface area contributed by atoms with Gasteiger partial charge in [-0.3, -0.25) is 0 Å². The second-order valence-corrected chi connectivity index (χ2v) is 7.75. The summed E-state index contributed by atoms with van der Waals surface area (Å²) in [5.74, 6) is -1.73. The summed E-state index contributed by atoms with van der Waals surface area (Å²) in [5, 5.41) is 3.95. The molecule has 0 radical (unpaired) electrons. The highest BCUT2D eigenvalue weighted by atomic mass is 79.9. The molecule has 0 spiro atoms. The van der Waals surface area contributed by atoms with Crippen molar-refractivity contribution in [3.05, 3.63) is 88.6 Å². The van der Waals surface area contributed by atoms with Crippen molar-refractivity contribution in [2.24, 2.45) is 0 Å². The van der Waals surface area contributed by atoms with Crippen LogP contribution in [0.15, 0.2) is 69.9 Å². The molecule has 31 heavy (non-hydrogen) atoms. The first-order chi connectivity index (χ1) is 15.0. The third-order valence-corrected chi connectivity index (χ3v) is 5.22. The maximum absolute atomic E-state index is 14.2. The summed E-state index contributed by atoms with van der Waals surface area (Å²) in [4.78, 5) is 8.60. The Labute approximate surface area is 182 Å². The van der Waals surface area contributed by atoms with E-state index in [0.717, 1.165) is 6.07 Å². The van der Waals surface area contributed by atoms with Crippen molar-refractivity contribution in [1.82, 2.24) is 19.7 Å². The van der Waals surface area contributed by atoms with Crippen LogP contribution in [0.25, 0.3) is 34.0 Å². The van der Waals surface area contributed by atoms with E-state index in [9.17, 15) is 13.2 Å². The summed E-state index contributed by atoms with van der Waals surface area (Å²) in [5.41, 5.74) is 1.78. The van der Waals surface area contributed by atoms with Crippen LogP contribution in [-0.4, -0.2) is 19.7 Å². The van der Waals surface area contributed by atoms with Crippen molar-refractivity contribution < 1.29 is 17.7 Å². The van der Waals surface area contributed by atoms with Gasteiger partial charge in [0.15, 0.2) is 23.2 Å². The van der Waals surface area contributed by atoms with E-state index in [4.69, 9.17) is 4.52 Å². The molecular formula is C22H12BrF3N4O. The lowest BCUT2D eigenvalue weighted by atomic mass is 10.1. The van der Waals surface area contributed by atoms with Crippen LogP contribution in [-0.2, 0) is 6.54 Å². The van der Waals surface area contributed by atoms with Gasteiger partial charge in [-0.1, -0.05) is 27.2 Å². The minimum atomic E-state index is -0.986. The van der Waals surface area contributed by atoms with Gasteiger partial charge in [-0.2, -0.15) is 0 Å². The standard InChI is InChI=1S/C22H12BrF3N4O/c23-12-4-5-14(17(25)8-12)19-9-13(31-29-19)10-30-7-6-18-20(11-30)28-22(27-18)15-2-1-3-16(24)21(15)26/h1-9,11H,10H2. The predicted octanol–water partition coefficient (Wildman–Crippen LogP) is 5.93. The highest BCUT2D eigenvalue weighted by Crippen LogP contribution is 2.28. The first-order valence-corrected chi connectivity index (χ1v) is 9.96. The Morgan fingerprint density at radius 2 is 1.71 bits per heavy atom. The fourth-order valence-electron chi connectivity index (χ4n) is 3.24. The van der Waals surface area contributed by atoms with E-state index >= 15 is 0 Å². The van der Waals surface area contributed by atoms with Crippen molar-refractivity contribution in [3.8, 4) is 34.0 Å². The maximum Gasteiger partial charge on any atom is 0.169 e. The molecule has 5 nitrogen and oxygen atoms in total. The van der Waals surface area contributed by atoms with Gasteiger partial charge in [0.1, 0.15) is 17.2 Å². The molecule has 3 heterocycles. The molecule has 0 saturated heterocycles. The van der Waals surface area contributed by atoms with Crippen LogP contribution < -0.4 is 0 Å². The summed E-state index contributed by atoms with van der Waals surface area (Å²) in [6.07, 6.45) is 3.47. The normalized spacial score (nSPS) is 11.4. The third kappa shape index (κ3) is 3.72. The molecule has 1 aromatic heterocycles. The zero-order valence-corrected chi connectivity index (χ0v) is 17.3. The van der Waals surface area contributed by atoms with Gasteiger partial charge >= 0.3 is 0 Å². The van der Waals surface area contributed by atoms with Crippen LogP contribution in [0, 0.1) is 17.5 Å². The molecule has 0 atom stereocenters. The highest BCUT2D eigenvalue weighted by molar-refractivity contribution is 9.10. The molecular weight excluding hydrogens is 473 g/mol. The first kappa shape index (κ1) is 19.5. The van der Waals surface area contributed by atoms with Crippen molar-refractivity contribution >= 4 is 15.9 Å². The topological polar surface area (TPSA) is 56.7 Å². The molecule has 2 aliphatic rings. The van der Waals surface area contributed by atoms with Crippen LogP contribution in [0.1, 0.15) is 5.76 Å². The van der Waals surface area contributed by atoms with E-state index in [-0.39, 0.29) is 11.4 Å². The number of pyridine rings is 1. The minimum absolute atomic E-state index is 0.000786. The average Bonchev–Trinajstić information content (AvgIpc) is 3.37. The van der Waals surface area contributed by atoms with E-state index in [1.54, 1.807) is 41.2 Å². The van der Waals surface area contributed by atoms with E-state index in [2.05, 4.69) is 31.1 Å². The molecule has 9 heteroatoms. The first-order valence-electron chi connectivity index (χ1n) is 9.17. The fourth-order valence-corrected chi connectivity index (χ4v) is 3.57. The Kier molecular flexibility index (Phi) is 4.82. The number of imidazole rings is 1. The number of rotatable bonds is 4. The van der Waals surface area contributed by atoms with Crippen molar-refractivity contribution in [2.45, 2.75) is 6.54 Å². The fraction of sp³-hybridized carbons (Fsp3) is 0.0455. The Bertz CT molecular complexity index is 1380. The monoisotopic (exact) mass is 484 g/mol. The molecule has 3 aromatic rings. The van der Waals surface area contributed by atoms with E-state index in [1.807, 2.05) is 0 Å². The number of halogens is 4. The molecule has 0 unspecified atom stereocenters. The molecule has 0 fully saturated rings. The lowest BCUT2D eigenvalue weighted by Gasteiger charge is -2.04. The van der Waals surface area contributed by atoms with Crippen LogP contribution in [0.3, 0.4) is 0 Å². The number of benzene rings is 2. The van der Waals surface area contributed by atoms with Gasteiger partial charge in [0.05, 0.1) is 17.8 Å². The van der Waals surface area contributed by atoms with E-state index in [1.165, 1.54) is 18.2 Å². The Morgan fingerprint density at radius 3 is 2.55 bits per heavy atom. The van der Waals surface area contributed by atoms with Crippen molar-refractivity contribution in [3.63, 3.8) is 0 Å². The van der Waals surface area contributed by atoms with Gasteiger partial charge < -0.3 is 9.09 Å². The summed E-state index contributed by atoms with van der Waals surface area (Å²) < 4.78 is 49.5. The largest absolute Gasteiger partial charge is 0.359 e. The molecule has 5 rings (SSSR count). The smallest absolute Gasteiger partial charge is 0.169 e. The van der Waals surface area contributed by atoms with E-state index in [0.29, 0.717) is 39.4 Å². The molecule has 0 N–H and O–H groups in total. The quantitative estimate of drug-likeness (QED) is 0.317. The van der Waals surface area contributed by atoms with Crippen LogP contribution in [0.5, 0.6) is 0 Å². The molecule has 0 saturated carbocycles. The zero-order valence-electron chi connectivity index (χ0n) is 15.7. The van der Waals surface area contributed by atoms with Crippen LogP contribution >= 0.6 is 15.9 Å². The number of hydrogen-bond acceptors (Lipinski definition) is 4. The van der Waals surface area contributed by atoms with Gasteiger partial charge in [0.2, 0.25) is 0 Å². The number of nitrogens with zero attached hydrogens (tertiary/aromatic N) is 4. The highest BCUT2D eigenvalue weighted by Gasteiger charge is 2.18. The van der Waals surface area contributed by atoms with Crippen molar-refractivity contribution in [2.75, 3.05) is 0 Å². The molecule has 2 aliphatic heterocycles. The second-order valence-electron chi connectivity index (χ2n) is 6.84.